The smallest absolute Gasteiger partial charge is 0.344 e. The number of sulfone groups is 1. The van der Waals surface area contributed by atoms with Gasteiger partial charge in [-0.25, -0.2) is 8.42 Å². The molecule has 1 amide bonds. The van der Waals surface area contributed by atoms with Crippen LogP contribution in [0.15, 0.2) is 53.4 Å². The molecule has 12 heteroatoms. The molecule has 0 saturated heterocycles. The number of hydrogen-bond acceptors (Lipinski definition) is 3. The Labute approximate surface area is 197 Å². The van der Waals surface area contributed by atoms with Crippen LogP contribution >= 0.6 is 0 Å². The normalized spacial score (nSPS) is 12.6. The third-order valence-electron chi connectivity index (χ3n) is 5.41. The van der Waals surface area contributed by atoms with Crippen molar-refractivity contribution in [3.05, 3.63) is 82.2 Å². The first-order chi connectivity index (χ1) is 16.0. The van der Waals surface area contributed by atoms with Gasteiger partial charge in [-0.1, -0.05) is 18.2 Å². The highest BCUT2D eigenvalue weighted by molar-refractivity contribution is 7.90. The molecule has 0 aliphatic carbocycles. The number of nitrogens with one attached hydrogen (secondary N) is 1. The van der Waals surface area contributed by atoms with Gasteiger partial charge in [-0.3, -0.25) is 4.79 Å². The number of halogens is 6. The Balaban J connectivity index is 1.94. The highest BCUT2D eigenvalue weighted by Gasteiger charge is 2.37. The lowest BCUT2D eigenvalue weighted by Gasteiger charge is -2.16. The fourth-order valence-corrected chi connectivity index (χ4v) is 4.62. The van der Waals surface area contributed by atoms with Crippen LogP contribution in [0.5, 0.6) is 0 Å². The van der Waals surface area contributed by atoms with Gasteiger partial charge in [-0.15, -0.1) is 0 Å². The number of amides is 1. The maximum atomic E-state index is 13.4. The first-order valence-corrected chi connectivity index (χ1v) is 11.9. The van der Waals surface area contributed by atoms with Gasteiger partial charge in [-0.2, -0.15) is 26.3 Å². The van der Waals surface area contributed by atoms with Crippen molar-refractivity contribution in [3.8, 4) is 0 Å². The minimum atomic E-state index is -4.99. The molecular weight excluding hydrogens is 498 g/mol. The van der Waals surface area contributed by atoms with E-state index in [1.54, 1.807) is 6.92 Å². The summed E-state index contributed by atoms with van der Waals surface area (Å²) >= 11 is 0. The lowest BCUT2D eigenvalue weighted by atomic mass is 10.1. The molecule has 0 fully saturated rings. The summed E-state index contributed by atoms with van der Waals surface area (Å²) in [5.41, 5.74) is -1.72. The second-order valence-electron chi connectivity index (χ2n) is 7.96. The number of aromatic nitrogens is 1. The van der Waals surface area contributed by atoms with E-state index < -0.39 is 44.1 Å². The van der Waals surface area contributed by atoms with Gasteiger partial charge < -0.3 is 9.88 Å². The summed E-state index contributed by atoms with van der Waals surface area (Å²) in [4.78, 5) is 11.9. The van der Waals surface area contributed by atoms with E-state index in [0.717, 1.165) is 18.2 Å². The van der Waals surface area contributed by atoms with Gasteiger partial charge in [0, 0.05) is 29.9 Å². The third kappa shape index (κ3) is 5.69. The van der Waals surface area contributed by atoms with Crippen molar-refractivity contribution in [2.75, 3.05) is 11.6 Å². The van der Waals surface area contributed by atoms with Crippen LogP contribution in [0.4, 0.5) is 32.0 Å². The molecule has 0 spiro atoms. The fourth-order valence-electron chi connectivity index (χ4n) is 3.73. The van der Waals surface area contributed by atoms with Crippen molar-refractivity contribution in [2.24, 2.45) is 0 Å². The van der Waals surface area contributed by atoms with E-state index in [2.05, 4.69) is 5.32 Å². The van der Waals surface area contributed by atoms with Crippen molar-refractivity contribution in [1.29, 1.82) is 0 Å². The summed E-state index contributed by atoms with van der Waals surface area (Å²) in [5.74, 6) is -0.798. The number of carbonyl (C=O) groups excluding carboxylic acids is 1. The summed E-state index contributed by atoms with van der Waals surface area (Å²) in [5, 5.41) is 2.30. The Morgan fingerprint density at radius 3 is 2.09 bits per heavy atom. The van der Waals surface area contributed by atoms with Gasteiger partial charge in [-0.05, 0) is 49.7 Å². The Morgan fingerprint density at radius 2 is 1.51 bits per heavy atom. The molecule has 3 rings (SSSR count). The summed E-state index contributed by atoms with van der Waals surface area (Å²) in [6.07, 6.45) is -8.91. The average Bonchev–Trinajstić information content (AvgIpc) is 3.00. The van der Waals surface area contributed by atoms with Crippen LogP contribution in [0.3, 0.4) is 0 Å². The number of anilines is 1. The van der Waals surface area contributed by atoms with Gasteiger partial charge in [0.25, 0.3) is 5.91 Å². The van der Waals surface area contributed by atoms with Crippen molar-refractivity contribution >= 4 is 21.4 Å². The molecular formula is C23H20F6N2O3S. The third-order valence-corrected chi connectivity index (χ3v) is 6.57. The van der Waals surface area contributed by atoms with E-state index in [4.69, 9.17) is 0 Å². The number of aryl methyl sites for hydroxylation is 1. The molecule has 0 bridgehead atoms. The van der Waals surface area contributed by atoms with Crippen LogP contribution in [0, 0.1) is 13.8 Å². The molecule has 188 valence electrons. The molecule has 35 heavy (non-hydrogen) atoms. The second-order valence-corrected chi connectivity index (χ2v) is 9.95. The number of hydrogen-bond donors (Lipinski definition) is 1. The van der Waals surface area contributed by atoms with Gasteiger partial charge in [0.15, 0.2) is 9.84 Å². The molecule has 1 aromatic heterocycles. The fraction of sp³-hybridized carbons (Fsp3) is 0.261. The van der Waals surface area contributed by atoms with Crippen molar-refractivity contribution in [3.63, 3.8) is 0 Å². The molecule has 0 unspecified atom stereocenters. The molecule has 0 aliphatic rings. The van der Waals surface area contributed by atoms with Crippen molar-refractivity contribution in [2.45, 2.75) is 37.6 Å². The van der Waals surface area contributed by atoms with Crippen molar-refractivity contribution < 1.29 is 39.6 Å². The van der Waals surface area contributed by atoms with Crippen LogP contribution in [0.1, 0.15) is 38.4 Å². The highest BCUT2D eigenvalue weighted by atomic mass is 32.2. The largest absolute Gasteiger partial charge is 0.417 e. The molecule has 0 atom stereocenters. The summed E-state index contributed by atoms with van der Waals surface area (Å²) in [7, 11) is -4.18. The number of benzene rings is 2. The minimum absolute atomic E-state index is 0.0139. The summed E-state index contributed by atoms with van der Waals surface area (Å²) in [6.45, 7) is 2.91. The molecule has 0 aliphatic heterocycles. The van der Waals surface area contributed by atoms with Crippen molar-refractivity contribution in [1.82, 2.24) is 4.57 Å². The molecule has 0 saturated carbocycles. The quantitative estimate of drug-likeness (QED) is 0.431. The van der Waals surface area contributed by atoms with Crippen LogP contribution in [-0.4, -0.2) is 25.1 Å². The zero-order valence-corrected chi connectivity index (χ0v) is 19.5. The molecule has 1 heterocycles. The standard InChI is InChI=1S/C23H20F6N2O3S/c1-13-10-17(14(2)31(13)12-15-6-4-5-7-18(15)22(24,25)26)21(32)30-16-8-9-20(35(3,33)34)19(11-16)23(27,28)29/h4-11H,12H2,1-3H3,(H,30,32). The molecule has 2 aromatic carbocycles. The first kappa shape index (κ1) is 26.3. The Kier molecular flexibility index (Phi) is 6.82. The zero-order valence-electron chi connectivity index (χ0n) is 18.7. The maximum absolute atomic E-state index is 13.4. The molecule has 5 nitrogen and oxygen atoms in total. The van der Waals surface area contributed by atoms with Gasteiger partial charge in [0.2, 0.25) is 0 Å². The Bertz CT molecular complexity index is 1390. The Morgan fingerprint density at radius 1 is 0.914 bits per heavy atom. The lowest BCUT2D eigenvalue weighted by Crippen LogP contribution is -2.17. The van der Waals surface area contributed by atoms with E-state index in [0.29, 0.717) is 23.7 Å². The number of nitrogens with zero attached hydrogens (tertiary/aromatic N) is 1. The number of alkyl halides is 6. The monoisotopic (exact) mass is 518 g/mol. The second kappa shape index (κ2) is 9.06. The van der Waals surface area contributed by atoms with E-state index in [1.165, 1.54) is 35.8 Å². The van der Waals surface area contributed by atoms with Crippen LogP contribution < -0.4 is 5.32 Å². The van der Waals surface area contributed by atoms with Crippen LogP contribution in [-0.2, 0) is 28.7 Å². The number of carbonyl (C=O) groups is 1. The maximum Gasteiger partial charge on any atom is 0.417 e. The zero-order chi connectivity index (χ0) is 26.3. The highest BCUT2D eigenvalue weighted by Crippen LogP contribution is 2.36. The van der Waals surface area contributed by atoms with E-state index in [9.17, 15) is 39.6 Å². The Hall–Kier alpha value is -3.28. The van der Waals surface area contributed by atoms with E-state index in [-0.39, 0.29) is 23.4 Å². The summed E-state index contributed by atoms with van der Waals surface area (Å²) < 4.78 is 105. The molecule has 1 N–H and O–H groups in total. The van der Waals surface area contributed by atoms with E-state index >= 15 is 0 Å². The molecule has 0 radical (unpaired) electrons. The lowest BCUT2D eigenvalue weighted by molar-refractivity contribution is -0.140. The summed E-state index contributed by atoms with van der Waals surface area (Å²) in [6, 6.07) is 8.73. The van der Waals surface area contributed by atoms with Crippen LogP contribution in [0.25, 0.3) is 0 Å². The SMILES string of the molecule is Cc1cc(C(=O)Nc2ccc(S(C)(=O)=O)c(C(F)(F)F)c2)c(C)n1Cc1ccccc1C(F)(F)F. The minimum Gasteiger partial charge on any atom is -0.344 e. The molecule has 3 aromatic rings. The van der Waals surface area contributed by atoms with Gasteiger partial charge >= 0.3 is 12.4 Å². The van der Waals surface area contributed by atoms with Crippen LogP contribution in [0.2, 0.25) is 0 Å². The van der Waals surface area contributed by atoms with E-state index in [1.807, 2.05) is 0 Å². The predicted molar refractivity (Wildman–Crippen MR) is 117 cm³/mol. The van der Waals surface area contributed by atoms with Gasteiger partial charge in [0.05, 0.1) is 21.6 Å². The average molecular weight is 518 g/mol. The predicted octanol–water partition coefficient (Wildman–Crippen LogP) is 5.85. The number of rotatable bonds is 5. The van der Waals surface area contributed by atoms with Gasteiger partial charge in [0.1, 0.15) is 0 Å². The topological polar surface area (TPSA) is 68.2 Å². The first-order valence-electron chi connectivity index (χ1n) is 10.0.